The van der Waals surface area contributed by atoms with E-state index in [4.69, 9.17) is 9.47 Å². The molecular weight excluding hydrogens is 276 g/mol. The Hall–Kier alpha value is -2.75. The van der Waals surface area contributed by atoms with Crippen molar-refractivity contribution >= 4 is 5.90 Å². The SMILES string of the molecule is C1=C[C@@H]2[C@@H](O1)N1N=C(c3ccccc3)O[C@]21c1ccccc1. The zero-order chi connectivity index (χ0) is 14.6. The molecule has 22 heavy (non-hydrogen) atoms. The molecule has 108 valence electrons. The van der Waals surface area contributed by atoms with Gasteiger partial charge in [0.1, 0.15) is 5.92 Å². The second kappa shape index (κ2) is 4.13. The molecule has 0 saturated carbocycles. The summed E-state index contributed by atoms with van der Waals surface area (Å²) in [5.74, 6) is 0.802. The molecule has 3 heterocycles. The van der Waals surface area contributed by atoms with Gasteiger partial charge in [-0.3, -0.25) is 0 Å². The van der Waals surface area contributed by atoms with E-state index in [1.165, 1.54) is 0 Å². The molecule has 1 saturated heterocycles. The lowest BCUT2D eigenvalue weighted by molar-refractivity contribution is -0.281. The number of fused-ring (bicyclic) bond motifs is 4. The summed E-state index contributed by atoms with van der Waals surface area (Å²) in [6, 6.07) is 20.2. The van der Waals surface area contributed by atoms with E-state index < -0.39 is 5.72 Å². The van der Waals surface area contributed by atoms with Crippen LogP contribution < -0.4 is 0 Å². The van der Waals surface area contributed by atoms with Gasteiger partial charge in [-0.2, -0.15) is 0 Å². The highest BCUT2D eigenvalue weighted by atomic mass is 16.6. The monoisotopic (exact) mass is 290 g/mol. The van der Waals surface area contributed by atoms with Crippen LogP contribution in [0.5, 0.6) is 0 Å². The van der Waals surface area contributed by atoms with Crippen molar-refractivity contribution in [1.29, 1.82) is 0 Å². The van der Waals surface area contributed by atoms with E-state index in [-0.39, 0.29) is 12.1 Å². The van der Waals surface area contributed by atoms with Crippen LogP contribution in [0.15, 0.2) is 78.1 Å². The smallest absolute Gasteiger partial charge is 0.241 e. The average molecular weight is 290 g/mol. The third-order valence-corrected chi connectivity index (χ3v) is 4.50. The first-order valence-corrected chi connectivity index (χ1v) is 7.40. The molecule has 0 unspecified atom stereocenters. The van der Waals surface area contributed by atoms with Crippen LogP contribution in [0.3, 0.4) is 0 Å². The molecule has 2 aromatic carbocycles. The molecule has 0 spiro atoms. The molecule has 2 aromatic rings. The van der Waals surface area contributed by atoms with Gasteiger partial charge in [-0.15, -0.1) is 5.10 Å². The van der Waals surface area contributed by atoms with E-state index in [1.54, 1.807) is 6.26 Å². The molecule has 0 amide bonds. The molecule has 0 radical (unpaired) electrons. The highest BCUT2D eigenvalue weighted by Gasteiger charge is 2.69. The highest BCUT2D eigenvalue weighted by Crippen LogP contribution is 2.57. The zero-order valence-corrected chi connectivity index (χ0v) is 11.8. The van der Waals surface area contributed by atoms with E-state index in [1.807, 2.05) is 53.5 Å². The van der Waals surface area contributed by atoms with Crippen LogP contribution in [-0.2, 0) is 15.2 Å². The van der Waals surface area contributed by atoms with Gasteiger partial charge in [-0.1, -0.05) is 48.5 Å². The average Bonchev–Trinajstić information content (AvgIpc) is 3.15. The van der Waals surface area contributed by atoms with Crippen molar-refractivity contribution in [3.05, 3.63) is 84.1 Å². The maximum atomic E-state index is 6.38. The number of nitrogens with zero attached hydrogens (tertiary/aromatic N) is 2. The lowest BCUT2D eigenvalue weighted by atomic mass is 9.79. The Bertz CT molecular complexity index is 772. The summed E-state index contributed by atoms with van der Waals surface area (Å²) in [5.41, 5.74) is 1.50. The predicted octanol–water partition coefficient (Wildman–Crippen LogP) is 3.03. The third-order valence-electron chi connectivity index (χ3n) is 4.50. The normalized spacial score (nSPS) is 30.7. The van der Waals surface area contributed by atoms with Gasteiger partial charge in [0.2, 0.25) is 17.9 Å². The molecule has 4 nitrogen and oxygen atoms in total. The van der Waals surface area contributed by atoms with Crippen LogP contribution in [0, 0.1) is 5.92 Å². The van der Waals surface area contributed by atoms with Crippen molar-refractivity contribution in [3.63, 3.8) is 0 Å². The second-order valence-electron chi connectivity index (χ2n) is 5.66. The van der Waals surface area contributed by atoms with Gasteiger partial charge >= 0.3 is 0 Å². The van der Waals surface area contributed by atoms with Crippen LogP contribution in [0.25, 0.3) is 0 Å². The first-order valence-electron chi connectivity index (χ1n) is 7.40. The van der Waals surface area contributed by atoms with E-state index in [0.717, 1.165) is 11.1 Å². The van der Waals surface area contributed by atoms with Gasteiger partial charge in [-0.05, 0) is 18.2 Å². The Morgan fingerprint density at radius 2 is 1.68 bits per heavy atom. The Balaban J connectivity index is 1.60. The topological polar surface area (TPSA) is 34.1 Å². The number of rotatable bonds is 2. The molecule has 1 fully saturated rings. The van der Waals surface area contributed by atoms with Gasteiger partial charge < -0.3 is 9.47 Å². The molecule has 4 heteroatoms. The fourth-order valence-corrected chi connectivity index (χ4v) is 3.45. The molecular formula is C18H14N2O2. The number of hydrogen-bond acceptors (Lipinski definition) is 4. The summed E-state index contributed by atoms with van der Waals surface area (Å²) < 4.78 is 12.0. The summed E-state index contributed by atoms with van der Waals surface area (Å²) >= 11 is 0. The van der Waals surface area contributed by atoms with Gasteiger partial charge in [-0.25, -0.2) is 5.01 Å². The van der Waals surface area contributed by atoms with Gasteiger partial charge in [0.15, 0.2) is 0 Å². The molecule has 0 aliphatic carbocycles. The summed E-state index contributed by atoms with van der Waals surface area (Å²) in [6.07, 6.45) is 3.75. The minimum Gasteiger partial charge on any atom is -0.476 e. The van der Waals surface area contributed by atoms with Crippen molar-refractivity contribution < 1.29 is 9.47 Å². The van der Waals surface area contributed by atoms with Gasteiger partial charge in [0, 0.05) is 11.1 Å². The maximum Gasteiger partial charge on any atom is 0.241 e. The summed E-state index contributed by atoms with van der Waals surface area (Å²) in [7, 11) is 0. The predicted molar refractivity (Wildman–Crippen MR) is 81.5 cm³/mol. The molecule has 0 aromatic heterocycles. The Morgan fingerprint density at radius 3 is 2.45 bits per heavy atom. The number of benzene rings is 2. The van der Waals surface area contributed by atoms with Crippen molar-refractivity contribution in [2.45, 2.75) is 12.0 Å². The molecule has 3 atom stereocenters. The van der Waals surface area contributed by atoms with Crippen molar-refractivity contribution in [3.8, 4) is 0 Å². The highest BCUT2D eigenvalue weighted by molar-refractivity contribution is 5.95. The van der Waals surface area contributed by atoms with E-state index in [2.05, 4.69) is 23.3 Å². The zero-order valence-electron chi connectivity index (χ0n) is 11.8. The second-order valence-corrected chi connectivity index (χ2v) is 5.66. The molecule has 3 aliphatic heterocycles. The number of hydrogen-bond donors (Lipinski definition) is 0. The van der Waals surface area contributed by atoms with Crippen molar-refractivity contribution in [2.24, 2.45) is 11.0 Å². The van der Waals surface area contributed by atoms with E-state index in [0.29, 0.717) is 5.90 Å². The van der Waals surface area contributed by atoms with Gasteiger partial charge in [0.25, 0.3) is 0 Å². The van der Waals surface area contributed by atoms with Crippen LogP contribution >= 0.6 is 0 Å². The van der Waals surface area contributed by atoms with Crippen molar-refractivity contribution in [1.82, 2.24) is 5.01 Å². The standard InChI is InChI=1S/C18H14N2O2/c1-3-7-13(8-4-1)16-19-20-17-15(11-12-21-17)18(20,22-16)14-9-5-2-6-10-14/h1-12,15,17H/t15-,17-,18-/m1/s1. The van der Waals surface area contributed by atoms with Crippen LogP contribution in [0.1, 0.15) is 11.1 Å². The molecule has 3 aliphatic rings. The van der Waals surface area contributed by atoms with E-state index >= 15 is 0 Å². The molecule has 5 rings (SSSR count). The van der Waals surface area contributed by atoms with Crippen molar-refractivity contribution in [2.75, 3.05) is 0 Å². The number of hydrazone groups is 1. The first-order chi connectivity index (χ1) is 10.9. The Morgan fingerprint density at radius 1 is 0.955 bits per heavy atom. The summed E-state index contributed by atoms with van der Waals surface area (Å²) in [4.78, 5) is 0. The Kier molecular flexibility index (Phi) is 2.23. The van der Waals surface area contributed by atoms with Crippen LogP contribution in [0.4, 0.5) is 0 Å². The van der Waals surface area contributed by atoms with E-state index in [9.17, 15) is 0 Å². The Labute approximate surface area is 128 Å². The number of ether oxygens (including phenoxy) is 2. The first kappa shape index (κ1) is 11.9. The molecule has 0 bridgehead atoms. The van der Waals surface area contributed by atoms with Crippen LogP contribution in [-0.4, -0.2) is 17.1 Å². The lowest BCUT2D eigenvalue weighted by Crippen LogP contribution is -2.66. The minimum atomic E-state index is -0.579. The van der Waals surface area contributed by atoms with Crippen LogP contribution in [0.2, 0.25) is 0 Å². The minimum absolute atomic E-state index is 0.0681. The largest absolute Gasteiger partial charge is 0.476 e. The maximum absolute atomic E-state index is 6.38. The fraction of sp³-hybridized carbons (Fsp3) is 0.167. The summed E-state index contributed by atoms with van der Waals surface area (Å²) in [5, 5.41) is 6.62. The molecule has 0 N–H and O–H groups in total. The van der Waals surface area contributed by atoms with Gasteiger partial charge in [0.05, 0.1) is 6.26 Å². The fourth-order valence-electron chi connectivity index (χ4n) is 3.45. The summed E-state index contributed by atoms with van der Waals surface area (Å²) in [6.45, 7) is 0. The quantitative estimate of drug-likeness (QED) is 0.852. The lowest BCUT2D eigenvalue weighted by Gasteiger charge is -2.52. The third kappa shape index (κ3) is 1.34.